The van der Waals surface area contributed by atoms with Crippen LogP contribution in [0.5, 0.6) is 0 Å². The molecule has 0 saturated heterocycles. The molecule has 6 rings (SSSR count). The molecule has 0 radical (unpaired) electrons. The molecule has 0 aliphatic carbocycles. The molecule has 15 nitrogen and oxygen atoms in total. The second kappa shape index (κ2) is 21.3. The van der Waals surface area contributed by atoms with Gasteiger partial charge in [-0.05, 0) is 85.3 Å². The van der Waals surface area contributed by atoms with Crippen LogP contribution in [-0.4, -0.2) is 49.4 Å². The van der Waals surface area contributed by atoms with Crippen molar-refractivity contribution in [3.05, 3.63) is 189 Å². The molecule has 7 N–H and O–H groups in total. The fraction of sp³-hybridized carbons (Fsp3) is 0.174. The lowest BCUT2D eigenvalue weighted by molar-refractivity contribution is 0.0921. The maximum atomic E-state index is 13.4. The molecule has 2 aromatic heterocycles. The largest absolute Gasteiger partial charge is 0.384 e. The summed E-state index contributed by atoms with van der Waals surface area (Å²) >= 11 is 0. The Hall–Kier alpha value is -8.26. The zero-order chi connectivity index (χ0) is 45.6. The lowest BCUT2D eigenvalue weighted by Crippen LogP contribution is -2.29. The van der Waals surface area contributed by atoms with E-state index in [9.17, 15) is 28.0 Å². The van der Waals surface area contributed by atoms with Gasteiger partial charge in [0.05, 0.1) is 23.7 Å². The first kappa shape index (κ1) is 45.8. The van der Waals surface area contributed by atoms with E-state index in [-0.39, 0.29) is 65.4 Å². The highest BCUT2D eigenvalue weighted by atomic mass is 19.1. The molecule has 0 fully saturated rings. The molecule has 2 atom stereocenters. The van der Waals surface area contributed by atoms with Crippen LogP contribution in [0.15, 0.2) is 110 Å². The maximum Gasteiger partial charge on any atom is 0.270 e. The number of amidine groups is 1. The second-order valence-electron chi connectivity index (χ2n) is 14.3. The molecule has 0 unspecified atom stereocenters. The summed E-state index contributed by atoms with van der Waals surface area (Å²) in [5, 5.41) is 27.3. The number of carbonyl (C=O) groups is 4. The summed E-state index contributed by atoms with van der Waals surface area (Å²) in [5.74, 6) is -2.52. The SMILES string of the molecule is Cc1cc(CNC(=O)c2cc(C(=O)N[C@@H](C)c3ccc(C#N)cc3)ncn2)ccc1F.Cc1cc(CNC(=O)c2cc(C(=O)N[C@@H](C)c3ccc(C(=N)N)cc3)ncn2)ccc1F. The van der Waals surface area contributed by atoms with Gasteiger partial charge in [0.2, 0.25) is 0 Å². The smallest absolute Gasteiger partial charge is 0.270 e. The van der Waals surface area contributed by atoms with E-state index >= 15 is 0 Å². The van der Waals surface area contributed by atoms with Gasteiger partial charge in [-0.2, -0.15) is 5.26 Å². The topological polar surface area (TPSA) is 242 Å². The lowest BCUT2D eigenvalue weighted by atomic mass is 10.1. The van der Waals surface area contributed by atoms with Crippen LogP contribution in [0, 0.1) is 42.2 Å². The van der Waals surface area contributed by atoms with E-state index < -0.39 is 23.6 Å². The third-order valence-corrected chi connectivity index (χ3v) is 9.57. The number of nitriles is 1. The van der Waals surface area contributed by atoms with Crippen molar-refractivity contribution in [2.24, 2.45) is 5.73 Å². The number of hydrogen-bond donors (Lipinski definition) is 6. The van der Waals surface area contributed by atoms with Crippen LogP contribution in [0.3, 0.4) is 0 Å². The van der Waals surface area contributed by atoms with Crippen LogP contribution in [0.4, 0.5) is 8.78 Å². The van der Waals surface area contributed by atoms with E-state index in [1.54, 1.807) is 100 Å². The van der Waals surface area contributed by atoms with Crippen LogP contribution in [-0.2, 0) is 13.1 Å². The van der Waals surface area contributed by atoms with E-state index in [1.807, 2.05) is 6.07 Å². The van der Waals surface area contributed by atoms with Crippen molar-refractivity contribution in [2.45, 2.75) is 52.9 Å². The molecule has 17 heteroatoms. The Balaban J connectivity index is 0.000000238. The molecule has 4 aromatic carbocycles. The number of benzene rings is 4. The molecule has 6 aromatic rings. The van der Waals surface area contributed by atoms with Crippen LogP contribution in [0.25, 0.3) is 0 Å². The average Bonchev–Trinajstić information content (AvgIpc) is 3.29. The van der Waals surface area contributed by atoms with Gasteiger partial charge in [0, 0.05) is 30.8 Å². The summed E-state index contributed by atoms with van der Waals surface area (Å²) in [6.45, 7) is 7.29. The Morgan fingerprint density at radius 3 is 1.37 bits per heavy atom. The third kappa shape index (κ3) is 12.9. The number of carbonyl (C=O) groups excluding carboxylic acids is 4. The van der Waals surface area contributed by atoms with Crippen LogP contribution in [0.2, 0.25) is 0 Å². The third-order valence-electron chi connectivity index (χ3n) is 9.57. The first-order valence-electron chi connectivity index (χ1n) is 19.4. The van der Waals surface area contributed by atoms with Crippen molar-refractivity contribution in [3.8, 4) is 6.07 Å². The van der Waals surface area contributed by atoms with Crippen molar-refractivity contribution < 1.29 is 28.0 Å². The highest BCUT2D eigenvalue weighted by Gasteiger charge is 2.18. The van der Waals surface area contributed by atoms with E-state index in [0.717, 1.165) is 34.9 Å². The summed E-state index contributed by atoms with van der Waals surface area (Å²) in [6.07, 6.45) is 2.30. The van der Waals surface area contributed by atoms with Gasteiger partial charge in [-0.15, -0.1) is 0 Å². The van der Waals surface area contributed by atoms with Gasteiger partial charge in [-0.3, -0.25) is 24.6 Å². The van der Waals surface area contributed by atoms with E-state index in [1.165, 1.54) is 24.3 Å². The number of aryl methyl sites for hydroxylation is 2. The highest BCUT2D eigenvalue weighted by Crippen LogP contribution is 2.16. The Morgan fingerprint density at radius 2 is 1.00 bits per heavy atom. The molecule has 0 aliphatic rings. The van der Waals surface area contributed by atoms with Gasteiger partial charge >= 0.3 is 0 Å². The Morgan fingerprint density at radius 1 is 0.619 bits per heavy atom. The van der Waals surface area contributed by atoms with Crippen molar-refractivity contribution in [3.63, 3.8) is 0 Å². The van der Waals surface area contributed by atoms with Crippen LogP contribution >= 0.6 is 0 Å². The normalized spacial score (nSPS) is 11.4. The van der Waals surface area contributed by atoms with Gasteiger partial charge in [0.1, 0.15) is 52.9 Å². The zero-order valence-electron chi connectivity index (χ0n) is 34.7. The summed E-state index contributed by atoms with van der Waals surface area (Å²) < 4.78 is 26.7. The summed E-state index contributed by atoms with van der Waals surface area (Å²) in [6, 6.07) is 27.0. The van der Waals surface area contributed by atoms with Crippen LogP contribution < -0.4 is 27.0 Å². The maximum absolute atomic E-state index is 13.4. The minimum absolute atomic E-state index is 0.0328. The number of nitrogens with two attached hydrogens (primary N) is 1. The molecule has 0 saturated carbocycles. The predicted molar refractivity (Wildman–Crippen MR) is 229 cm³/mol. The minimum atomic E-state index is -0.476. The number of nitrogens with one attached hydrogen (secondary N) is 5. The monoisotopic (exact) mass is 851 g/mol. The van der Waals surface area contributed by atoms with E-state index in [2.05, 4.69) is 41.2 Å². The first-order valence-corrected chi connectivity index (χ1v) is 19.4. The average molecular weight is 852 g/mol. The molecule has 4 amide bonds. The van der Waals surface area contributed by atoms with Crippen molar-refractivity contribution in [1.29, 1.82) is 10.7 Å². The molecule has 0 spiro atoms. The van der Waals surface area contributed by atoms with Crippen molar-refractivity contribution >= 4 is 29.5 Å². The highest BCUT2D eigenvalue weighted by molar-refractivity contribution is 5.98. The molecular weight excluding hydrogens is 809 g/mol. The fourth-order valence-electron chi connectivity index (χ4n) is 5.90. The molecular formula is C46H43F2N11O4. The first-order chi connectivity index (χ1) is 30.1. The van der Waals surface area contributed by atoms with Crippen molar-refractivity contribution in [1.82, 2.24) is 41.2 Å². The molecule has 0 bridgehead atoms. The Kier molecular flexibility index (Phi) is 15.5. The lowest BCUT2D eigenvalue weighted by Gasteiger charge is -2.14. The zero-order valence-corrected chi connectivity index (χ0v) is 34.7. The molecule has 2 heterocycles. The van der Waals surface area contributed by atoms with Gasteiger partial charge in [-0.1, -0.05) is 60.7 Å². The van der Waals surface area contributed by atoms with E-state index in [0.29, 0.717) is 22.3 Å². The summed E-state index contributed by atoms with van der Waals surface area (Å²) in [4.78, 5) is 65.8. The Labute approximate surface area is 361 Å². The Bertz CT molecular complexity index is 2690. The fourth-order valence-corrected chi connectivity index (χ4v) is 5.90. The number of nitrogen functional groups attached to an aromatic ring is 1. The second-order valence-corrected chi connectivity index (χ2v) is 14.3. The molecule has 0 aliphatic heterocycles. The van der Waals surface area contributed by atoms with Crippen LogP contribution in [0.1, 0.15) is 112 Å². The number of rotatable bonds is 13. The quantitative estimate of drug-likeness (QED) is 0.0599. The van der Waals surface area contributed by atoms with Gasteiger partial charge < -0.3 is 27.0 Å². The number of hydrogen-bond acceptors (Lipinski definition) is 10. The molecule has 63 heavy (non-hydrogen) atoms. The van der Waals surface area contributed by atoms with Gasteiger partial charge in [0.25, 0.3) is 23.6 Å². The number of halogens is 2. The molecule has 320 valence electrons. The predicted octanol–water partition coefficient (Wildman–Crippen LogP) is 5.85. The van der Waals surface area contributed by atoms with Gasteiger partial charge in [-0.25, -0.2) is 28.7 Å². The van der Waals surface area contributed by atoms with Crippen molar-refractivity contribution in [2.75, 3.05) is 0 Å². The van der Waals surface area contributed by atoms with Gasteiger partial charge in [0.15, 0.2) is 0 Å². The summed E-state index contributed by atoms with van der Waals surface area (Å²) in [7, 11) is 0. The standard InChI is InChI=1S/C23H23FN6O2.C23H20FN5O2/c1-13-9-15(3-8-18(13)24)11-27-22(31)19-10-20(29-12-28-19)23(32)30-14(2)16-4-6-17(7-5-16)21(25)26;1-14-9-17(5-8-19(14)24)12-26-22(30)20-10-21(28-13-27-20)23(31)29-15(2)18-6-3-16(11-25)4-7-18/h3-10,12,14H,11H2,1-2H3,(H3,25,26)(H,27,31)(H,30,32);3-10,13,15H,12H2,1-2H3,(H,26,30)(H,29,31)/t14-;15-/m00/s1. The van der Waals surface area contributed by atoms with E-state index in [4.69, 9.17) is 16.4 Å². The number of aromatic nitrogens is 4. The number of nitrogens with zero attached hydrogens (tertiary/aromatic N) is 5. The number of amides is 4. The summed E-state index contributed by atoms with van der Waals surface area (Å²) in [5.41, 5.74) is 10.9. The minimum Gasteiger partial charge on any atom is -0.384 e.